The first-order chi connectivity index (χ1) is 14.3. The van der Waals surface area contributed by atoms with Gasteiger partial charge in [0.2, 0.25) is 0 Å². The number of H-pyrrole nitrogens is 1. The van der Waals surface area contributed by atoms with Gasteiger partial charge in [0.25, 0.3) is 11.5 Å². The molecule has 0 bridgehead atoms. The monoisotopic (exact) mass is 415 g/mol. The number of aromatic amines is 1. The molecule has 1 saturated carbocycles. The smallest absolute Gasteiger partial charge is 0.344 e. The van der Waals surface area contributed by atoms with Gasteiger partial charge in [-0.2, -0.15) is 13.2 Å². The van der Waals surface area contributed by atoms with Crippen molar-refractivity contribution >= 4 is 5.91 Å². The molecule has 10 heteroatoms. The minimum Gasteiger partial charge on any atom is -0.344 e. The summed E-state index contributed by atoms with van der Waals surface area (Å²) in [6.45, 7) is 0. The maximum absolute atomic E-state index is 12.8. The Kier molecular flexibility index (Phi) is 5.06. The highest BCUT2D eigenvalue weighted by atomic mass is 19.4. The lowest BCUT2D eigenvalue weighted by molar-refractivity contribution is -0.137. The highest BCUT2D eigenvalue weighted by molar-refractivity contribution is 5.92. The van der Waals surface area contributed by atoms with E-state index in [-0.39, 0.29) is 23.3 Å². The maximum atomic E-state index is 12.8. The lowest BCUT2D eigenvalue weighted by Gasteiger charge is -2.19. The third kappa shape index (κ3) is 4.37. The fourth-order valence-corrected chi connectivity index (χ4v) is 3.10. The molecule has 7 nitrogen and oxygen atoms in total. The van der Waals surface area contributed by atoms with Crippen LogP contribution in [0.1, 0.15) is 40.5 Å². The molecule has 1 aliphatic carbocycles. The molecule has 1 aliphatic rings. The van der Waals surface area contributed by atoms with Crippen molar-refractivity contribution < 1.29 is 18.0 Å². The highest BCUT2D eigenvalue weighted by Crippen LogP contribution is 2.41. The lowest BCUT2D eigenvalue weighted by atomic mass is 10.0. The molecule has 0 saturated heterocycles. The van der Waals surface area contributed by atoms with Crippen LogP contribution < -0.4 is 10.9 Å². The summed E-state index contributed by atoms with van der Waals surface area (Å²) in [6.07, 6.45) is 0.211. The molecule has 1 amide bonds. The molecule has 1 fully saturated rings. The number of benzene rings is 1. The molecule has 2 N–H and O–H groups in total. The summed E-state index contributed by atoms with van der Waals surface area (Å²) in [5, 5.41) is 2.80. The van der Waals surface area contributed by atoms with Crippen LogP contribution in [-0.4, -0.2) is 25.8 Å². The number of amides is 1. The van der Waals surface area contributed by atoms with E-state index in [1.54, 1.807) is 6.07 Å². The van der Waals surface area contributed by atoms with Crippen molar-refractivity contribution in [3.63, 3.8) is 0 Å². The van der Waals surface area contributed by atoms with E-state index in [9.17, 15) is 22.8 Å². The third-order valence-corrected chi connectivity index (χ3v) is 4.73. The van der Waals surface area contributed by atoms with E-state index in [1.165, 1.54) is 24.5 Å². The number of halogens is 3. The Morgan fingerprint density at radius 3 is 2.40 bits per heavy atom. The standard InChI is InChI=1S/C20H16F3N5O2/c21-20(22,23)13-6-4-12(5-7-13)16(11-2-3-11)28-19(30)14-10-15(29)27-18(26-14)17-24-8-1-9-25-17/h1,4-11,16H,2-3H2,(H,28,30)(H,26,27,29). The van der Waals surface area contributed by atoms with Crippen LogP contribution in [0, 0.1) is 5.92 Å². The summed E-state index contributed by atoms with van der Waals surface area (Å²) in [5.41, 5.74) is -0.861. The van der Waals surface area contributed by atoms with Crippen LogP contribution >= 0.6 is 0 Å². The summed E-state index contributed by atoms with van der Waals surface area (Å²) in [6, 6.07) is 6.89. The Hall–Kier alpha value is -3.56. The molecule has 0 aliphatic heterocycles. The Balaban J connectivity index is 1.59. The summed E-state index contributed by atoms with van der Waals surface area (Å²) in [7, 11) is 0. The number of nitrogens with one attached hydrogen (secondary N) is 2. The van der Waals surface area contributed by atoms with E-state index >= 15 is 0 Å². The number of hydrogen-bond acceptors (Lipinski definition) is 5. The fraction of sp³-hybridized carbons (Fsp3) is 0.250. The molecule has 154 valence electrons. The minimum absolute atomic E-state index is 0.0470. The minimum atomic E-state index is -4.43. The molecular weight excluding hydrogens is 399 g/mol. The first kappa shape index (κ1) is 19.7. The Morgan fingerprint density at radius 2 is 1.80 bits per heavy atom. The van der Waals surface area contributed by atoms with Crippen LogP contribution in [0.3, 0.4) is 0 Å². The SMILES string of the molecule is O=C(NC(c1ccc(C(F)(F)F)cc1)C1CC1)c1cc(=O)[nH]c(-c2ncccn2)n1. The second-order valence-corrected chi connectivity index (χ2v) is 6.96. The Morgan fingerprint density at radius 1 is 1.13 bits per heavy atom. The van der Waals surface area contributed by atoms with Crippen molar-refractivity contribution in [1.29, 1.82) is 0 Å². The number of carbonyl (C=O) groups excluding carboxylic acids is 1. The number of hydrogen-bond donors (Lipinski definition) is 2. The van der Waals surface area contributed by atoms with E-state index in [0.29, 0.717) is 5.56 Å². The van der Waals surface area contributed by atoms with Crippen LogP contribution in [0.25, 0.3) is 11.6 Å². The summed E-state index contributed by atoms with van der Waals surface area (Å²) >= 11 is 0. The predicted molar refractivity (Wildman–Crippen MR) is 100 cm³/mol. The zero-order valence-electron chi connectivity index (χ0n) is 15.5. The zero-order chi connectivity index (χ0) is 21.3. The van der Waals surface area contributed by atoms with Gasteiger partial charge in [-0.25, -0.2) is 15.0 Å². The molecule has 2 aromatic heterocycles. The van der Waals surface area contributed by atoms with Crippen molar-refractivity contribution in [2.75, 3.05) is 0 Å². The average molecular weight is 415 g/mol. The van der Waals surface area contributed by atoms with Crippen molar-refractivity contribution in [3.05, 3.63) is 76.0 Å². The number of aromatic nitrogens is 4. The van der Waals surface area contributed by atoms with Crippen molar-refractivity contribution in [1.82, 2.24) is 25.3 Å². The quantitative estimate of drug-likeness (QED) is 0.667. The van der Waals surface area contributed by atoms with E-state index < -0.39 is 29.2 Å². The van der Waals surface area contributed by atoms with Gasteiger partial charge >= 0.3 is 6.18 Å². The Bertz CT molecular complexity index is 1110. The van der Waals surface area contributed by atoms with Gasteiger partial charge in [-0.05, 0) is 42.5 Å². The van der Waals surface area contributed by atoms with Crippen LogP contribution in [0.4, 0.5) is 13.2 Å². The molecule has 0 radical (unpaired) electrons. The third-order valence-electron chi connectivity index (χ3n) is 4.73. The van der Waals surface area contributed by atoms with Gasteiger partial charge in [-0.1, -0.05) is 12.1 Å². The van der Waals surface area contributed by atoms with Crippen LogP contribution in [-0.2, 0) is 6.18 Å². The van der Waals surface area contributed by atoms with E-state index in [1.807, 2.05) is 0 Å². The van der Waals surface area contributed by atoms with Crippen LogP contribution in [0.5, 0.6) is 0 Å². The normalized spacial score (nSPS) is 14.9. The van der Waals surface area contributed by atoms with E-state index in [0.717, 1.165) is 31.0 Å². The molecule has 1 atom stereocenters. The maximum Gasteiger partial charge on any atom is 0.416 e. The number of nitrogens with zero attached hydrogens (tertiary/aromatic N) is 3. The predicted octanol–water partition coefficient (Wildman–Crippen LogP) is 3.13. The van der Waals surface area contributed by atoms with Crippen LogP contribution in [0.15, 0.2) is 53.6 Å². The topological polar surface area (TPSA) is 101 Å². The molecule has 1 unspecified atom stereocenters. The second kappa shape index (κ2) is 7.69. The van der Waals surface area contributed by atoms with Crippen molar-refractivity contribution in [3.8, 4) is 11.6 Å². The van der Waals surface area contributed by atoms with Gasteiger partial charge in [0.05, 0.1) is 11.6 Å². The molecule has 0 spiro atoms. The molecule has 30 heavy (non-hydrogen) atoms. The first-order valence-corrected chi connectivity index (χ1v) is 9.18. The first-order valence-electron chi connectivity index (χ1n) is 9.18. The van der Waals surface area contributed by atoms with Gasteiger partial charge in [-0.15, -0.1) is 0 Å². The number of carbonyl (C=O) groups is 1. The zero-order valence-corrected chi connectivity index (χ0v) is 15.5. The summed E-state index contributed by atoms with van der Waals surface area (Å²) < 4.78 is 38.5. The molecule has 4 rings (SSSR count). The van der Waals surface area contributed by atoms with Crippen molar-refractivity contribution in [2.45, 2.75) is 25.1 Å². The number of alkyl halides is 3. The fourth-order valence-electron chi connectivity index (χ4n) is 3.10. The Labute approximate surface area is 168 Å². The largest absolute Gasteiger partial charge is 0.416 e. The van der Waals surface area contributed by atoms with Gasteiger partial charge in [0.1, 0.15) is 5.69 Å². The van der Waals surface area contributed by atoms with Gasteiger partial charge < -0.3 is 10.3 Å². The summed E-state index contributed by atoms with van der Waals surface area (Å²) in [5.74, 6) is -0.281. The van der Waals surface area contributed by atoms with Gasteiger partial charge in [0.15, 0.2) is 11.6 Å². The van der Waals surface area contributed by atoms with Gasteiger partial charge in [0, 0.05) is 18.5 Å². The highest BCUT2D eigenvalue weighted by Gasteiger charge is 2.35. The average Bonchev–Trinajstić information content (AvgIpc) is 3.57. The molecule has 3 aromatic rings. The van der Waals surface area contributed by atoms with Gasteiger partial charge in [-0.3, -0.25) is 9.59 Å². The number of rotatable bonds is 5. The van der Waals surface area contributed by atoms with E-state index in [2.05, 4.69) is 25.3 Å². The van der Waals surface area contributed by atoms with Crippen LogP contribution in [0.2, 0.25) is 0 Å². The molecular formula is C20H16F3N5O2. The van der Waals surface area contributed by atoms with E-state index in [4.69, 9.17) is 0 Å². The molecule has 2 heterocycles. The summed E-state index contributed by atoms with van der Waals surface area (Å²) in [4.78, 5) is 39.4. The van der Waals surface area contributed by atoms with Crippen molar-refractivity contribution in [2.24, 2.45) is 5.92 Å². The lowest BCUT2D eigenvalue weighted by Crippen LogP contribution is -2.31. The molecule has 1 aromatic carbocycles. The second-order valence-electron chi connectivity index (χ2n) is 6.96.